The van der Waals surface area contributed by atoms with Crippen molar-refractivity contribution < 1.29 is 17.4 Å². The summed E-state index contributed by atoms with van der Waals surface area (Å²) in [6, 6.07) is 0. The predicted molar refractivity (Wildman–Crippen MR) is 98.7 cm³/mol. The third-order valence-electron chi connectivity index (χ3n) is 3.37. The van der Waals surface area contributed by atoms with Gasteiger partial charge in [-0.3, -0.25) is 0 Å². The maximum absolute atomic E-state index is 3.98. The van der Waals surface area contributed by atoms with Gasteiger partial charge in [0.15, 0.2) is 0 Å². The fraction of sp³-hybridized carbons (Fsp3) is 0.733. The Kier molecular flexibility index (Phi) is 13.8. The zero-order valence-corrected chi connectivity index (χ0v) is 19.2. The topological polar surface area (TPSA) is 12.0 Å². The Morgan fingerprint density at radius 3 is 1.50 bits per heavy atom. The molecule has 0 aliphatic carbocycles. The van der Waals surface area contributed by atoms with E-state index in [0.717, 1.165) is 0 Å². The van der Waals surface area contributed by atoms with Crippen LogP contribution in [0, 0.1) is 0 Å². The zero-order valence-electron chi connectivity index (χ0n) is 14.9. The van der Waals surface area contributed by atoms with Crippen molar-refractivity contribution in [1.29, 1.82) is 0 Å². The van der Waals surface area contributed by atoms with E-state index in [-0.39, 0.29) is 30.4 Å². The molecule has 0 saturated heterocycles. The Morgan fingerprint density at radius 2 is 1.25 bits per heavy atom. The number of hydrogen-bond donors (Lipinski definition) is 1. The molecule has 0 fully saturated rings. The molecule has 0 radical (unpaired) electrons. The van der Waals surface area contributed by atoms with Gasteiger partial charge in [0.1, 0.15) is 0 Å². The molecule has 121 valence electrons. The van der Waals surface area contributed by atoms with Gasteiger partial charge in [0.25, 0.3) is 0 Å². The van der Waals surface area contributed by atoms with Crippen LogP contribution in [0.15, 0.2) is 20.6 Å². The van der Waals surface area contributed by atoms with E-state index in [2.05, 4.69) is 72.3 Å². The van der Waals surface area contributed by atoms with Gasteiger partial charge in [-0.2, -0.15) is 0 Å². The summed E-state index contributed by atoms with van der Waals surface area (Å²) >= 11 is -1.25. The first-order valence-electron chi connectivity index (χ1n) is 6.94. The molecule has 0 aromatic carbocycles. The molecule has 0 aliphatic rings. The molecule has 0 aromatic heterocycles. The summed E-state index contributed by atoms with van der Waals surface area (Å²) in [4.78, 5) is 0. The number of halogens is 2. The minimum absolute atomic E-state index is 0. The second kappa shape index (κ2) is 10.6. The molecule has 0 rings (SSSR count). The Balaban J connectivity index is -0.00000144. The van der Waals surface area contributed by atoms with Crippen molar-refractivity contribution in [3.05, 3.63) is 20.6 Å². The van der Waals surface area contributed by atoms with E-state index in [9.17, 15) is 0 Å². The first kappa shape index (κ1) is 25.9. The van der Waals surface area contributed by atoms with Gasteiger partial charge in [-0.05, 0) is 0 Å². The maximum Gasteiger partial charge on any atom is -0.147 e. The van der Waals surface area contributed by atoms with Gasteiger partial charge < -0.3 is 0 Å². The zero-order chi connectivity index (χ0) is 14.7. The van der Waals surface area contributed by atoms with E-state index >= 15 is 0 Å². The van der Waals surface area contributed by atoms with Crippen LogP contribution in [-0.4, -0.2) is 12.2 Å². The summed E-state index contributed by atoms with van der Waals surface area (Å²) in [5.74, 6) is 0. The summed E-state index contributed by atoms with van der Waals surface area (Å²) in [5.41, 5.74) is 4.74. The molecular weight excluding hydrogens is 341 g/mol. The van der Waals surface area contributed by atoms with Crippen molar-refractivity contribution in [2.75, 3.05) is 0 Å². The quantitative estimate of drug-likeness (QED) is 0.514. The minimum atomic E-state index is -1.25. The van der Waals surface area contributed by atoms with Crippen molar-refractivity contribution in [3.63, 3.8) is 0 Å². The van der Waals surface area contributed by atoms with Crippen LogP contribution in [0.4, 0.5) is 0 Å². The van der Waals surface area contributed by atoms with Crippen LogP contribution < -0.4 is 3.80 Å². The molecule has 5 heteroatoms. The number of nitrogens with one attached hydrogen (secondary N) is 1. The fourth-order valence-electron chi connectivity index (χ4n) is 1.93. The van der Waals surface area contributed by atoms with Crippen LogP contribution in [0.25, 0.3) is 0 Å². The Bertz CT molecular complexity index is 353. The molecule has 20 heavy (non-hydrogen) atoms. The largest absolute Gasteiger partial charge is 0.147 e. The number of rotatable bonds is 4. The van der Waals surface area contributed by atoms with Gasteiger partial charge in [0.05, 0.1) is 0 Å². The molecule has 0 heterocycles. The van der Waals surface area contributed by atoms with E-state index in [4.69, 9.17) is 0 Å². The molecule has 0 spiro atoms. The molecule has 0 saturated carbocycles. The molecule has 0 aliphatic heterocycles. The molecule has 0 unspecified atom stereocenters. The van der Waals surface area contributed by atoms with E-state index in [1.807, 2.05) is 0 Å². The molecule has 0 atom stereocenters. The average molecular weight is 375 g/mol. The molecule has 0 bridgehead atoms. The Morgan fingerprint density at radius 1 is 0.850 bits per heavy atom. The number of allylic oxidation sites excluding steroid dienone is 4. The summed E-state index contributed by atoms with van der Waals surface area (Å²) in [6.45, 7) is 22.7. The van der Waals surface area contributed by atoms with Crippen LogP contribution in [0.1, 0.15) is 55.4 Å². The van der Waals surface area contributed by atoms with Crippen molar-refractivity contribution >= 4 is 31.5 Å². The second-order valence-electron chi connectivity index (χ2n) is 6.82. The second-order valence-corrected chi connectivity index (χ2v) is 19.8. The fourth-order valence-corrected chi connectivity index (χ4v) is 13.7. The predicted octanol–water partition coefficient (Wildman–Crippen LogP) is 5.38. The normalized spacial score (nSPS) is 12.2. The monoisotopic (exact) mass is 374 g/mol. The van der Waals surface area contributed by atoms with Gasteiger partial charge in [-0.1, -0.05) is 0 Å². The van der Waals surface area contributed by atoms with Crippen LogP contribution in [0.2, 0.25) is 13.1 Å². The van der Waals surface area contributed by atoms with E-state index in [1.54, 1.807) is 9.45 Å². The van der Waals surface area contributed by atoms with Gasteiger partial charge in [0, 0.05) is 0 Å². The van der Waals surface area contributed by atoms with Crippen LogP contribution in [0.5, 0.6) is 0 Å². The Labute approximate surface area is 146 Å². The summed E-state index contributed by atoms with van der Waals surface area (Å²) in [7, 11) is 0. The summed E-state index contributed by atoms with van der Waals surface area (Å²) in [6.07, 6.45) is 0. The van der Waals surface area contributed by atoms with Gasteiger partial charge in [-0.15, -0.1) is 24.8 Å². The van der Waals surface area contributed by atoms with E-state index < -0.39 is 24.0 Å². The molecule has 1 nitrogen and oxygen atoms in total. The van der Waals surface area contributed by atoms with Crippen LogP contribution in [0.3, 0.4) is 0 Å². The first-order valence-corrected chi connectivity index (χ1v) is 14.1. The van der Waals surface area contributed by atoms with Crippen molar-refractivity contribution in [2.45, 2.75) is 74.0 Å². The Hall–Kier alpha value is 0.951. The maximum atomic E-state index is 3.98. The minimum Gasteiger partial charge on any atom is -0.147 e. The van der Waals surface area contributed by atoms with Crippen LogP contribution >= 0.6 is 24.8 Å². The molecule has 1 N–H and O–H groups in total. The molecular formula is C15H34Cl2NSiTi. The van der Waals surface area contributed by atoms with Crippen LogP contribution in [-0.2, 0) is 17.4 Å². The van der Waals surface area contributed by atoms with E-state index in [0.29, 0.717) is 0 Å². The average Bonchev–Trinajstić information content (AvgIpc) is 2.21. The third-order valence-corrected chi connectivity index (χ3v) is 15.7. The van der Waals surface area contributed by atoms with Gasteiger partial charge >= 0.3 is 122 Å². The van der Waals surface area contributed by atoms with Gasteiger partial charge in [-0.25, -0.2) is 0 Å². The third kappa shape index (κ3) is 9.07. The summed E-state index contributed by atoms with van der Waals surface area (Å²) in [5, 5.41) is 0. The van der Waals surface area contributed by atoms with Crippen molar-refractivity contribution in [3.8, 4) is 0 Å². The molecule has 0 aromatic rings. The van der Waals surface area contributed by atoms with Gasteiger partial charge in [0.2, 0.25) is 0 Å². The SMILES string of the molecule is CC(C)=C(C)C(C)=[C](C)[Ti]([NH]C(C)(C)C)[SiH](C)C.Cl.Cl. The molecule has 0 amide bonds. The first-order chi connectivity index (χ1) is 7.97. The number of hydrogen-bond acceptors (Lipinski definition) is 1. The van der Waals surface area contributed by atoms with Crippen molar-refractivity contribution in [1.82, 2.24) is 3.80 Å². The van der Waals surface area contributed by atoms with Crippen molar-refractivity contribution in [2.24, 2.45) is 0 Å². The smallest absolute Gasteiger partial charge is 0.147 e. The standard InChI is InChI=1S/C9H15.C4H10N.C2H7Si.2ClH.Ti/c1-6-8(4)9(5)7(2)3;1-4(2,3)5;1-3-2;;;/h1-5H3;5H,1-3H3;3H,1-2H3;2*1H;/q;-1;;;;+1. The summed E-state index contributed by atoms with van der Waals surface area (Å²) < 4.78 is 5.68. The van der Waals surface area contributed by atoms with E-state index in [1.165, 1.54) is 11.1 Å².